The Hall–Kier alpha value is -4.81. The molecule has 0 fully saturated rings. The Labute approximate surface area is 428 Å². The van der Waals surface area contributed by atoms with Crippen molar-refractivity contribution in [2.24, 2.45) is 0 Å². The van der Waals surface area contributed by atoms with Gasteiger partial charge in [-0.25, -0.2) is 4.98 Å². The van der Waals surface area contributed by atoms with E-state index in [4.69, 9.17) is 12.7 Å². The summed E-state index contributed by atoms with van der Waals surface area (Å²) in [4.78, 5) is 10.6. The Morgan fingerprint density at radius 1 is 0.632 bits per heavy atom. The molecule has 0 spiro atoms. The van der Waals surface area contributed by atoms with Crippen LogP contribution < -0.4 is 5.19 Å². The fourth-order valence-corrected chi connectivity index (χ4v) is 12.1. The second-order valence-corrected chi connectivity index (χ2v) is 38.6. The van der Waals surface area contributed by atoms with E-state index >= 15 is 0 Å². The predicted molar refractivity (Wildman–Crippen MR) is 293 cm³/mol. The first kappa shape index (κ1) is 48.2. The average Bonchev–Trinajstić information content (AvgIpc) is 3.67. The van der Waals surface area contributed by atoms with Crippen molar-refractivity contribution < 1.29 is 28.9 Å². The zero-order valence-electron chi connectivity index (χ0n) is 44.8. The number of pyridine rings is 1. The summed E-state index contributed by atoms with van der Waals surface area (Å²) in [7, 11) is -1.73. The molecule has 6 aromatic carbocycles. The van der Waals surface area contributed by atoms with Crippen LogP contribution in [0.15, 0.2) is 134 Å². The third kappa shape index (κ3) is 10.8. The predicted octanol–water partition coefficient (Wildman–Crippen LogP) is 16.1. The van der Waals surface area contributed by atoms with E-state index in [0.29, 0.717) is 11.4 Å². The number of phenolic OH excluding ortho intramolecular Hbond substituents is 1. The second kappa shape index (κ2) is 18.8. The van der Waals surface area contributed by atoms with Crippen LogP contribution in [0.1, 0.15) is 87.3 Å². The van der Waals surface area contributed by atoms with Crippen LogP contribution >= 0.6 is 0 Å². The van der Waals surface area contributed by atoms with Crippen molar-refractivity contribution in [2.75, 3.05) is 0 Å². The van der Waals surface area contributed by atoms with Crippen LogP contribution in [0.2, 0.25) is 36.9 Å². The van der Waals surface area contributed by atoms with Crippen molar-refractivity contribution in [1.29, 1.82) is 0 Å². The summed E-state index contributed by atoms with van der Waals surface area (Å²) in [6.07, 6.45) is 1.86. The van der Waals surface area contributed by atoms with E-state index in [0.717, 1.165) is 83.6 Å². The number of hydrogen-bond acceptors (Lipinski definition) is 3. The summed E-state index contributed by atoms with van der Waals surface area (Å²) in [5.41, 5.74) is 14.4. The minimum Gasteiger partial charge on any atom is 0 e. The molecule has 1 N–H and O–H groups in total. The standard InChI is InChI=1S/C61H70GeN3OSi.Pt/c1-59(2,3)46-33-44(32-45(34-46)53-35-43(30-31-63-53)41-26-24-40(25-27-41)39-62(10,11)12)49-22-19-23-55-56(49)64-58(51-36-47(60(4,5)6)37-52(57(51)66)61(7,8)9)65(55)54-29-28-48(67(13,14)15)38-50(54)42-20-17-16-18-21-42;/h16-31,33-38,66H,39H2,1-15H3;/q-1;/i39D2;. The number of aromatic nitrogens is 3. The van der Waals surface area contributed by atoms with Crippen LogP contribution in [0.5, 0.6) is 5.75 Å². The molecule has 2 heterocycles. The molecule has 68 heavy (non-hydrogen) atoms. The number of fused-ring (bicyclic) bond motifs is 1. The van der Waals surface area contributed by atoms with Crippen molar-refractivity contribution in [3.63, 3.8) is 0 Å². The van der Waals surface area contributed by atoms with Gasteiger partial charge in [-0.1, -0.05) is 148 Å². The van der Waals surface area contributed by atoms with Crippen LogP contribution in [0.25, 0.3) is 72.7 Å². The molecule has 2 aromatic heterocycles. The molecule has 0 aliphatic heterocycles. The van der Waals surface area contributed by atoms with Gasteiger partial charge in [0.2, 0.25) is 0 Å². The van der Waals surface area contributed by atoms with E-state index in [9.17, 15) is 5.11 Å². The molecule has 0 saturated heterocycles. The summed E-state index contributed by atoms with van der Waals surface area (Å²) in [5, 5.41) is 12.7. The van der Waals surface area contributed by atoms with Crippen molar-refractivity contribution in [3.8, 4) is 67.5 Å². The largest absolute Gasteiger partial charge is 0 e. The quantitative estimate of drug-likeness (QED) is 0.116. The van der Waals surface area contributed by atoms with Gasteiger partial charge in [0.05, 0.1) is 30.4 Å². The Morgan fingerprint density at radius 3 is 1.90 bits per heavy atom. The van der Waals surface area contributed by atoms with Crippen LogP contribution in [0, 0.1) is 6.07 Å². The molecule has 0 bridgehead atoms. The van der Waals surface area contributed by atoms with Gasteiger partial charge < -0.3 is 5.11 Å². The van der Waals surface area contributed by atoms with Gasteiger partial charge in [-0.05, 0) is 40.2 Å². The fourth-order valence-electron chi connectivity index (χ4n) is 8.82. The van der Waals surface area contributed by atoms with Gasteiger partial charge >= 0.3 is 154 Å². The van der Waals surface area contributed by atoms with Crippen molar-refractivity contribution in [3.05, 3.63) is 162 Å². The monoisotopic (exact) mass is 1160 g/mol. The van der Waals surface area contributed by atoms with Gasteiger partial charge in [0.25, 0.3) is 0 Å². The Bertz CT molecular complexity index is 3220. The molecule has 8 aromatic rings. The third-order valence-electron chi connectivity index (χ3n) is 12.7. The topological polar surface area (TPSA) is 50.9 Å². The minimum atomic E-state index is -2.68. The number of benzene rings is 6. The summed E-state index contributed by atoms with van der Waals surface area (Å²) in [5.74, 6) is 7.29. The molecule has 4 nitrogen and oxygen atoms in total. The molecule has 0 radical (unpaired) electrons. The number of rotatable bonds is 9. The van der Waals surface area contributed by atoms with Crippen molar-refractivity contribution in [1.82, 2.24) is 14.5 Å². The van der Waals surface area contributed by atoms with Crippen molar-refractivity contribution >= 4 is 37.6 Å². The molecule has 0 atom stereocenters. The molecule has 0 amide bonds. The first-order chi connectivity index (χ1) is 32.0. The number of nitrogens with zero attached hydrogens (tertiary/aromatic N) is 3. The Balaban J connectivity index is 0.00000722. The average molecular weight is 1160 g/mol. The second-order valence-electron chi connectivity index (χ2n) is 23.5. The van der Waals surface area contributed by atoms with E-state index in [-0.39, 0.29) is 43.1 Å². The van der Waals surface area contributed by atoms with E-state index in [1.54, 1.807) is 0 Å². The SMILES string of the molecule is [2H][C]([2H])(c1ccc(-c2ccnc(-c3[c-]c(-c4cccc5c4nc(-c4cc(C(C)(C)C)cc(C(C)(C)C)c4O)n5-c4ccc([Si](C)(C)C)cc4-c4ccccc4)cc(C(C)(C)C)c3)c2)cc1)[Ge]([CH3])([CH3])[CH3].[Pt]. The molecule has 0 saturated carbocycles. The van der Waals surface area contributed by atoms with E-state index < -0.39 is 26.5 Å². The van der Waals surface area contributed by atoms with E-state index in [1.165, 1.54) is 5.19 Å². The fraction of sp³-hybridized carbons (Fsp3) is 0.311. The van der Waals surface area contributed by atoms with E-state index in [1.807, 2.05) is 36.5 Å². The number of hydrogen-bond donors (Lipinski definition) is 1. The van der Waals surface area contributed by atoms with Gasteiger partial charge in [-0.2, -0.15) is 0 Å². The van der Waals surface area contributed by atoms with Crippen LogP contribution in [-0.2, 0) is 42.5 Å². The first-order valence-electron chi connectivity index (χ1n) is 24.8. The molecule has 7 heteroatoms. The van der Waals surface area contributed by atoms with E-state index in [2.05, 4.69) is 207 Å². The summed E-state index contributed by atoms with van der Waals surface area (Å²) < 4.78 is 20.1. The summed E-state index contributed by atoms with van der Waals surface area (Å²) in [6, 6.07) is 48.8. The maximum absolute atomic E-state index is 12.6. The Kier molecular flexibility index (Phi) is 13.4. The van der Waals surface area contributed by atoms with Crippen LogP contribution in [-0.4, -0.2) is 41.0 Å². The number of para-hydroxylation sites is 1. The van der Waals surface area contributed by atoms with Gasteiger partial charge in [0, 0.05) is 32.2 Å². The smallest absolute Gasteiger partial charge is 0 e. The number of aromatic hydroxyl groups is 1. The number of imidazole rings is 1. The van der Waals surface area contributed by atoms with Crippen molar-refractivity contribution in [2.45, 2.75) is 121 Å². The van der Waals surface area contributed by atoms with Crippen LogP contribution in [0.3, 0.4) is 0 Å². The van der Waals surface area contributed by atoms with Gasteiger partial charge in [0.1, 0.15) is 11.6 Å². The number of phenols is 1. The van der Waals surface area contributed by atoms with Crippen LogP contribution in [0.4, 0.5) is 0 Å². The zero-order chi connectivity index (χ0) is 50.2. The summed E-state index contributed by atoms with van der Waals surface area (Å²) in [6.45, 7) is 27.1. The molecule has 0 aliphatic rings. The third-order valence-corrected chi connectivity index (χ3v) is 16.9. The zero-order valence-corrected chi connectivity index (χ0v) is 48.2. The normalized spacial score (nSPS) is 13.3. The van der Waals surface area contributed by atoms with Gasteiger partial charge in [-0.3, -0.25) is 4.57 Å². The maximum atomic E-state index is 12.6. The molecule has 0 unspecified atom stereocenters. The first-order valence-corrected chi connectivity index (χ1v) is 34.6. The molecular formula is C61H70GeN3OPtSi-. The Morgan fingerprint density at radius 2 is 1.28 bits per heavy atom. The maximum Gasteiger partial charge on any atom is 0 e. The minimum absolute atomic E-state index is 0. The molecule has 354 valence electrons. The molecule has 0 aliphatic carbocycles. The van der Waals surface area contributed by atoms with Gasteiger partial charge in [0.15, 0.2) is 0 Å². The molecule has 8 rings (SSSR count). The van der Waals surface area contributed by atoms with Gasteiger partial charge in [-0.15, -0.1) is 0 Å². The summed E-state index contributed by atoms with van der Waals surface area (Å²) >= 11 is -2.68. The molecular weight excluding hydrogens is 1090 g/mol.